The number of piperazine rings is 1. The third kappa shape index (κ3) is 3.92. The number of aliphatic hydroxyl groups is 1. The SMILES string of the molecule is O=C(c1cccnc1Nc1nc2ccccc2s1)N1CCN(CCO)CC1. The van der Waals surface area contributed by atoms with E-state index in [-0.39, 0.29) is 12.5 Å². The number of anilines is 2. The molecule has 1 amide bonds. The van der Waals surface area contributed by atoms with Crippen LogP contribution >= 0.6 is 11.3 Å². The number of aromatic nitrogens is 2. The number of carbonyl (C=O) groups is 1. The van der Waals surface area contributed by atoms with E-state index in [1.165, 1.54) is 11.3 Å². The molecule has 0 radical (unpaired) electrons. The van der Waals surface area contributed by atoms with Crippen molar-refractivity contribution < 1.29 is 9.90 Å². The van der Waals surface area contributed by atoms with Crippen molar-refractivity contribution in [3.05, 3.63) is 48.2 Å². The van der Waals surface area contributed by atoms with E-state index >= 15 is 0 Å². The maximum atomic E-state index is 13.0. The summed E-state index contributed by atoms with van der Waals surface area (Å²) in [6.07, 6.45) is 1.67. The molecule has 4 rings (SSSR count). The number of carbonyl (C=O) groups excluding carboxylic acids is 1. The molecule has 0 atom stereocenters. The summed E-state index contributed by atoms with van der Waals surface area (Å²) in [6.45, 7) is 3.63. The van der Waals surface area contributed by atoms with Gasteiger partial charge in [-0.2, -0.15) is 0 Å². The number of hydrogen-bond acceptors (Lipinski definition) is 7. The van der Waals surface area contributed by atoms with Crippen LogP contribution in [0.5, 0.6) is 0 Å². The number of fused-ring (bicyclic) bond motifs is 1. The van der Waals surface area contributed by atoms with Crippen LogP contribution in [0.2, 0.25) is 0 Å². The molecule has 1 saturated heterocycles. The quantitative estimate of drug-likeness (QED) is 0.703. The van der Waals surface area contributed by atoms with E-state index in [1.54, 1.807) is 18.3 Å². The van der Waals surface area contributed by atoms with Crippen LogP contribution in [0.4, 0.5) is 10.9 Å². The van der Waals surface area contributed by atoms with E-state index in [4.69, 9.17) is 5.11 Å². The number of pyridine rings is 1. The molecule has 0 saturated carbocycles. The molecule has 2 aromatic heterocycles. The van der Waals surface area contributed by atoms with Crippen molar-refractivity contribution in [1.82, 2.24) is 19.8 Å². The van der Waals surface area contributed by atoms with Crippen LogP contribution in [-0.2, 0) is 0 Å². The summed E-state index contributed by atoms with van der Waals surface area (Å²) in [5.74, 6) is 0.495. The van der Waals surface area contributed by atoms with Crippen molar-refractivity contribution in [1.29, 1.82) is 0 Å². The topological polar surface area (TPSA) is 81.6 Å². The number of rotatable bonds is 5. The normalized spacial score (nSPS) is 15.2. The van der Waals surface area contributed by atoms with Gasteiger partial charge in [0, 0.05) is 38.9 Å². The summed E-state index contributed by atoms with van der Waals surface area (Å²) >= 11 is 1.54. The summed E-state index contributed by atoms with van der Waals surface area (Å²) in [7, 11) is 0. The van der Waals surface area contributed by atoms with Crippen LogP contribution in [0.25, 0.3) is 10.2 Å². The minimum Gasteiger partial charge on any atom is -0.395 e. The summed E-state index contributed by atoms with van der Waals surface area (Å²) in [5.41, 5.74) is 1.47. The van der Waals surface area contributed by atoms with Crippen molar-refractivity contribution in [2.24, 2.45) is 0 Å². The summed E-state index contributed by atoms with van der Waals surface area (Å²) < 4.78 is 1.09. The van der Waals surface area contributed by atoms with Crippen LogP contribution in [0.15, 0.2) is 42.6 Å². The molecular formula is C19H21N5O2S. The Balaban J connectivity index is 1.51. The van der Waals surface area contributed by atoms with E-state index in [0.717, 1.165) is 28.4 Å². The zero-order chi connectivity index (χ0) is 18.6. The zero-order valence-corrected chi connectivity index (χ0v) is 15.7. The van der Waals surface area contributed by atoms with Crippen LogP contribution in [0, 0.1) is 0 Å². The zero-order valence-electron chi connectivity index (χ0n) is 14.8. The van der Waals surface area contributed by atoms with Crippen LogP contribution in [0.1, 0.15) is 10.4 Å². The first-order valence-corrected chi connectivity index (χ1v) is 9.76. The predicted octanol–water partition coefficient (Wildman–Crippen LogP) is 2.18. The molecule has 0 unspecified atom stereocenters. The van der Waals surface area contributed by atoms with E-state index in [9.17, 15) is 4.79 Å². The van der Waals surface area contributed by atoms with Gasteiger partial charge in [0.15, 0.2) is 5.13 Å². The third-order valence-corrected chi connectivity index (χ3v) is 5.58. The standard InChI is InChI=1S/C19H21N5O2S/c25-13-12-23-8-10-24(11-9-23)18(26)14-4-3-7-20-17(14)22-19-21-15-5-1-2-6-16(15)27-19/h1-7,25H,8-13H2,(H,20,21,22). The van der Waals surface area contributed by atoms with Gasteiger partial charge in [0.25, 0.3) is 5.91 Å². The Hall–Kier alpha value is -2.55. The largest absolute Gasteiger partial charge is 0.395 e. The first-order valence-electron chi connectivity index (χ1n) is 8.95. The third-order valence-electron chi connectivity index (χ3n) is 4.63. The van der Waals surface area contributed by atoms with Gasteiger partial charge < -0.3 is 15.3 Å². The number of amides is 1. The van der Waals surface area contributed by atoms with E-state index in [2.05, 4.69) is 20.2 Å². The number of benzene rings is 1. The fourth-order valence-electron chi connectivity index (χ4n) is 3.19. The van der Waals surface area contributed by atoms with Crippen molar-refractivity contribution >= 4 is 38.4 Å². The van der Waals surface area contributed by atoms with Gasteiger partial charge in [-0.25, -0.2) is 9.97 Å². The second-order valence-corrected chi connectivity index (χ2v) is 7.40. The molecule has 27 heavy (non-hydrogen) atoms. The fraction of sp³-hybridized carbons (Fsp3) is 0.316. The summed E-state index contributed by atoms with van der Waals surface area (Å²) in [4.78, 5) is 25.9. The van der Waals surface area contributed by atoms with Crippen molar-refractivity contribution in [3.63, 3.8) is 0 Å². The number of β-amino-alcohol motifs (C(OH)–C–C–N with tert-alkyl or cyclic N) is 1. The molecule has 1 aliphatic rings. The first kappa shape index (κ1) is 17.8. The molecule has 140 valence electrons. The average molecular weight is 383 g/mol. The van der Waals surface area contributed by atoms with Crippen LogP contribution in [0.3, 0.4) is 0 Å². The Bertz CT molecular complexity index is 904. The number of hydrogen-bond donors (Lipinski definition) is 2. The lowest BCUT2D eigenvalue weighted by Gasteiger charge is -2.34. The first-order chi connectivity index (χ1) is 13.2. The van der Waals surface area contributed by atoms with Crippen LogP contribution in [-0.4, -0.2) is 70.1 Å². The molecule has 0 spiro atoms. The van der Waals surface area contributed by atoms with Gasteiger partial charge in [-0.1, -0.05) is 23.5 Å². The Morgan fingerprint density at radius 3 is 2.74 bits per heavy atom. The Morgan fingerprint density at radius 1 is 1.15 bits per heavy atom. The number of para-hydroxylation sites is 1. The molecule has 0 aliphatic carbocycles. The highest BCUT2D eigenvalue weighted by atomic mass is 32.1. The highest BCUT2D eigenvalue weighted by Gasteiger charge is 2.24. The average Bonchev–Trinajstić information content (AvgIpc) is 3.11. The molecule has 0 bridgehead atoms. The van der Waals surface area contributed by atoms with Gasteiger partial charge in [0.1, 0.15) is 5.82 Å². The molecule has 8 heteroatoms. The second kappa shape index (κ2) is 7.99. The van der Waals surface area contributed by atoms with E-state index in [0.29, 0.717) is 31.0 Å². The van der Waals surface area contributed by atoms with Gasteiger partial charge >= 0.3 is 0 Å². The molecule has 3 heterocycles. The molecule has 1 fully saturated rings. The van der Waals surface area contributed by atoms with Crippen LogP contribution < -0.4 is 5.32 Å². The van der Waals surface area contributed by atoms with Crippen molar-refractivity contribution in [2.45, 2.75) is 0 Å². The Morgan fingerprint density at radius 2 is 1.96 bits per heavy atom. The van der Waals surface area contributed by atoms with Crippen molar-refractivity contribution in [2.75, 3.05) is 44.6 Å². The monoisotopic (exact) mass is 383 g/mol. The molecule has 2 N–H and O–H groups in total. The van der Waals surface area contributed by atoms with Gasteiger partial charge in [-0.15, -0.1) is 0 Å². The lowest BCUT2D eigenvalue weighted by atomic mass is 10.2. The number of nitrogens with zero attached hydrogens (tertiary/aromatic N) is 4. The number of thiazole rings is 1. The molecule has 7 nitrogen and oxygen atoms in total. The number of aliphatic hydroxyl groups excluding tert-OH is 1. The minimum atomic E-state index is -0.0321. The fourth-order valence-corrected chi connectivity index (χ4v) is 4.06. The van der Waals surface area contributed by atoms with Gasteiger partial charge in [0.2, 0.25) is 0 Å². The van der Waals surface area contributed by atoms with E-state index < -0.39 is 0 Å². The second-order valence-electron chi connectivity index (χ2n) is 6.37. The lowest BCUT2D eigenvalue weighted by Crippen LogP contribution is -2.49. The summed E-state index contributed by atoms with van der Waals surface area (Å²) in [5, 5.41) is 13.0. The minimum absolute atomic E-state index is 0.0321. The Labute approximate surface area is 161 Å². The van der Waals surface area contributed by atoms with Crippen molar-refractivity contribution in [3.8, 4) is 0 Å². The highest BCUT2D eigenvalue weighted by Crippen LogP contribution is 2.28. The molecule has 1 aliphatic heterocycles. The predicted molar refractivity (Wildman–Crippen MR) is 107 cm³/mol. The molecular weight excluding hydrogens is 362 g/mol. The van der Waals surface area contributed by atoms with E-state index in [1.807, 2.05) is 29.2 Å². The number of nitrogens with one attached hydrogen (secondary N) is 1. The van der Waals surface area contributed by atoms with Gasteiger partial charge in [-0.3, -0.25) is 9.69 Å². The smallest absolute Gasteiger partial charge is 0.257 e. The summed E-state index contributed by atoms with van der Waals surface area (Å²) in [6, 6.07) is 11.5. The molecule has 3 aromatic rings. The maximum Gasteiger partial charge on any atom is 0.257 e. The maximum absolute atomic E-state index is 13.0. The van der Waals surface area contributed by atoms with Gasteiger partial charge in [-0.05, 0) is 24.3 Å². The Kier molecular flexibility index (Phi) is 5.28. The molecule has 1 aromatic carbocycles. The lowest BCUT2D eigenvalue weighted by molar-refractivity contribution is 0.0615. The van der Waals surface area contributed by atoms with Gasteiger partial charge in [0.05, 0.1) is 22.4 Å². The highest BCUT2D eigenvalue weighted by molar-refractivity contribution is 7.22.